The van der Waals surface area contributed by atoms with Gasteiger partial charge in [-0.3, -0.25) is 4.79 Å². The van der Waals surface area contributed by atoms with E-state index >= 15 is 0 Å². The van der Waals surface area contributed by atoms with Crippen LogP contribution in [0.5, 0.6) is 5.75 Å². The van der Waals surface area contributed by atoms with Crippen LogP contribution in [0.25, 0.3) is 16.9 Å². The zero-order chi connectivity index (χ0) is 22.2. The monoisotopic (exact) mass is 430 g/mol. The fourth-order valence-corrected chi connectivity index (χ4v) is 3.83. The van der Waals surface area contributed by atoms with Gasteiger partial charge in [0.05, 0.1) is 16.9 Å². The standard InChI is InChI=1S/C22H21F3N4O2/c23-22(24,25)16-10-9-15(13-17(16)30)29-21(31)18(26)20(28-11-5-2-6-12-28)19(27-29)14-7-3-1-4-8-14/h1,3-4,7-10,13,30H,2,5-6,11-12,26H2. The van der Waals surface area contributed by atoms with E-state index in [4.69, 9.17) is 5.73 Å². The van der Waals surface area contributed by atoms with Gasteiger partial charge in [-0.15, -0.1) is 0 Å². The van der Waals surface area contributed by atoms with Crippen LogP contribution in [0.15, 0.2) is 53.3 Å². The Morgan fingerprint density at radius 3 is 2.29 bits per heavy atom. The molecule has 4 rings (SSSR count). The summed E-state index contributed by atoms with van der Waals surface area (Å²) in [6.07, 6.45) is -1.70. The molecular weight excluding hydrogens is 409 g/mol. The molecule has 1 aliphatic rings. The highest BCUT2D eigenvalue weighted by Crippen LogP contribution is 2.37. The van der Waals surface area contributed by atoms with Gasteiger partial charge < -0.3 is 15.7 Å². The summed E-state index contributed by atoms with van der Waals surface area (Å²) in [5.74, 6) is -0.987. The lowest BCUT2D eigenvalue weighted by molar-refractivity contribution is -0.138. The first kappa shape index (κ1) is 20.8. The van der Waals surface area contributed by atoms with E-state index in [0.717, 1.165) is 60.8 Å². The minimum atomic E-state index is -4.71. The summed E-state index contributed by atoms with van der Waals surface area (Å²) in [7, 11) is 0. The van der Waals surface area contributed by atoms with Gasteiger partial charge in [0.1, 0.15) is 17.1 Å². The third-order valence-electron chi connectivity index (χ3n) is 5.35. The summed E-state index contributed by atoms with van der Waals surface area (Å²) in [6.45, 7) is 1.46. The van der Waals surface area contributed by atoms with Gasteiger partial charge in [0.15, 0.2) is 0 Å². The quantitative estimate of drug-likeness (QED) is 0.651. The van der Waals surface area contributed by atoms with Crippen LogP contribution in [-0.4, -0.2) is 28.0 Å². The van der Waals surface area contributed by atoms with Crippen molar-refractivity contribution in [2.45, 2.75) is 25.4 Å². The number of nitrogens with two attached hydrogens (primary N) is 1. The molecule has 2 aromatic carbocycles. The number of aromatic nitrogens is 2. The Morgan fingerprint density at radius 2 is 1.68 bits per heavy atom. The number of aromatic hydroxyl groups is 1. The lowest BCUT2D eigenvalue weighted by atomic mass is 10.1. The molecule has 1 aromatic heterocycles. The van der Waals surface area contributed by atoms with Crippen LogP contribution in [0, 0.1) is 0 Å². The van der Waals surface area contributed by atoms with Gasteiger partial charge in [-0.05, 0) is 31.4 Å². The molecule has 1 fully saturated rings. The fourth-order valence-electron chi connectivity index (χ4n) is 3.83. The molecular formula is C22H21F3N4O2. The second kappa shape index (κ2) is 7.98. The molecule has 0 unspecified atom stereocenters. The highest BCUT2D eigenvalue weighted by atomic mass is 19.4. The van der Waals surface area contributed by atoms with Gasteiger partial charge in [-0.2, -0.15) is 23.0 Å². The Balaban J connectivity index is 1.92. The van der Waals surface area contributed by atoms with E-state index in [1.165, 1.54) is 0 Å². The molecule has 3 N–H and O–H groups in total. The molecule has 3 aromatic rings. The van der Waals surface area contributed by atoms with Crippen LogP contribution >= 0.6 is 0 Å². The number of anilines is 2. The number of nitrogens with zero attached hydrogens (tertiary/aromatic N) is 3. The van der Waals surface area contributed by atoms with Gasteiger partial charge in [-0.1, -0.05) is 30.3 Å². The van der Waals surface area contributed by atoms with Crippen molar-refractivity contribution < 1.29 is 18.3 Å². The summed E-state index contributed by atoms with van der Waals surface area (Å²) < 4.78 is 39.9. The van der Waals surface area contributed by atoms with E-state index in [1.807, 2.05) is 35.2 Å². The second-order valence-corrected chi connectivity index (χ2v) is 7.44. The van der Waals surface area contributed by atoms with Gasteiger partial charge in [0.2, 0.25) is 0 Å². The SMILES string of the molecule is Nc1c(N2CCCCC2)c(-c2ccccc2)nn(-c2ccc(C(F)(F)F)c(O)c2)c1=O. The first-order valence-corrected chi connectivity index (χ1v) is 9.91. The van der Waals surface area contributed by atoms with Crippen molar-refractivity contribution in [1.82, 2.24) is 9.78 Å². The number of hydrogen-bond donors (Lipinski definition) is 2. The topological polar surface area (TPSA) is 84.4 Å². The molecule has 0 saturated carbocycles. The van der Waals surface area contributed by atoms with E-state index in [0.29, 0.717) is 11.4 Å². The van der Waals surface area contributed by atoms with Crippen molar-refractivity contribution in [1.29, 1.82) is 0 Å². The summed E-state index contributed by atoms with van der Waals surface area (Å²) >= 11 is 0. The molecule has 1 aliphatic heterocycles. The van der Waals surface area contributed by atoms with Crippen molar-refractivity contribution in [2.24, 2.45) is 0 Å². The first-order chi connectivity index (χ1) is 14.8. The Morgan fingerprint density at radius 1 is 1.00 bits per heavy atom. The number of benzene rings is 2. The highest BCUT2D eigenvalue weighted by Gasteiger charge is 2.34. The molecule has 162 valence electrons. The maximum Gasteiger partial charge on any atom is 0.419 e. The molecule has 2 heterocycles. The summed E-state index contributed by atoms with van der Waals surface area (Å²) in [5, 5.41) is 14.4. The Bertz CT molecular complexity index is 1150. The largest absolute Gasteiger partial charge is 0.507 e. The third kappa shape index (κ3) is 3.95. The molecule has 0 bridgehead atoms. The van der Waals surface area contributed by atoms with Crippen LogP contribution in [0.4, 0.5) is 24.5 Å². The van der Waals surface area contributed by atoms with Gasteiger partial charge >= 0.3 is 6.18 Å². The van der Waals surface area contributed by atoms with E-state index in [1.54, 1.807) is 0 Å². The Kier molecular flexibility index (Phi) is 5.34. The van der Waals surface area contributed by atoms with Crippen molar-refractivity contribution in [3.05, 3.63) is 64.4 Å². The maximum absolute atomic E-state index is 13.1. The number of rotatable bonds is 3. The molecule has 6 nitrogen and oxygen atoms in total. The predicted octanol–water partition coefficient (Wildman–Crippen LogP) is 4.20. The van der Waals surface area contributed by atoms with Crippen LogP contribution in [0.1, 0.15) is 24.8 Å². The normalized spacial score (nSPS) is 14.6. The second-order valence-electron chi connectivity index (χ2n) is 7.44. The summed E-state index contributed by atoms with van der Waals surface area (Å²) in [4.78, 5) is 15.1. The smallest absolute Gasteiger partial charge is 0.419 e. The molecule has 0 amide bonds. The van der Waals surface area contributed by atoms with E-state index < -0.39 is 23.0 Å². The lowest BCUT2D eigenvalue weighted by Crippen LogP contribution is -2.35. The highest BCUT2D eigenvalue weighted by molar-refractivity contribution is 5.83. The molecule has 0 radical (unpaired) electrons. The predicted molar refractivity (Wildman–Crippen MR) is 112 cm³/mol. The lowest BCUT2D eigenvalue weighted by Gasteiger charge is -2.31. The summed E-state index contributed by atoms with van der Waals surface area (Å²) in [6, 6.07) is 11.8. The van der Waals surface area contributed by atoms with Gasteiger partial charge in [0.25, 0.3) is 5.56 Å². The van der Waals surface area contributed by atoms with Crippen LogP contribution in [0.3, 0.4) is 0 Å². The molecule has 0 aliphatic carbocycles. The number of phenolic OH excluding ortho intramolecular Hbond substituents is 1. The minimum Gasteiger partial charge on any atom is -0.507 e. The average Bonchev–Trinajstić information content (AvgIpc) is 2.75. The number of piperidine rings is 1. The van der Waals surface area contributed by atoms with Crippen molar-refractivity contribution in [3.8, 4) is 22.7 Å². The molecule has 0 atom stereocenters. The molecule has 9 heteroatoms. The Hall–Kier alpha value is -3.49. The van der Waals surface area contributed by atoms with Crippen molar-refractivity contribution in [2.75, 3.05) is 23.7 Å². The van der Waals surface area contributed by atoms with Crippen molar-refractivity contribution in [3.63, 3.8) is 0 Å². The fraction of sp³-hybridized carbons (Fsp3) is 0.273. The number of alkyl halides is 3. The third-order valence-corrected chi connectivity index (χ3v) is 5.35. The zero-order valence-electron chi connectivity index (χ0n) is 16.6. The van der Waals surface area contributed by atoms with E-state index in [9.17, 15) is 23.1 Å². The van der Waals surface area contributed by atoms with E-state index in [-0.39, 0.29) is 11.4 Å². The number of nitrogen functional groups attached to an aromatic ring is 1. The van der Waals surface area contributed by atoms with Crippen LogP contribution in [-0.2, 0) is 6.18 Å². The molecule has 31 heavy (non-hydrogen) atoms. The molecule has 1 saturated heterocycles. The summed E-state index contributed by atoms with van der Waals surface area (Å²) in [5.41, 5.74) is 6.09. The number of phenols is 1. The van der Waals surface area contributed by atoms with E-state index in [2.05, 4.69) is 5.10 Å². The molecule has 0 spiro atoms. The van der Waals surface area contributed by atoms with Gasteiger partial charge in [-0.25, -0.2) is 0 Å². The minimum absolute atomic E-state index is 0.00965. The average molecular weight is 430 g/mol. The number of hydrogen-bond acceptors (Lipinski definition) is 5. The number of halogens is 3. The Labute approximate surface area is 176 Å². The zero-order valence-corrected chi connectivity index (χ0v) is 16.6. The maximum atomic E-state index is 13.1. The van der Waals surface area contributed by atoms with Crippen LogP contribution < -0.4 is 16.2 Å². The van der Waals surface area contributed by atoms with Crippen molar-refractivity contribution >= 4 is 11.4 Å². The van der Waals surface area contributed by atoms with Crippen LogP contribution in [0.2, 0.25) is 0 Å². The van der Waals surface area contributed by atoms with Gasteiger partial charge in [0, 0.05) is 24.7 Å². The first-order valence-electron chi connectivity index (χ1n) is 9.91.